The van der Waals surface area contributed by atoms with E-state index in [1.165, 1.54) is 12.1 Å². The molecule has 0 spiro atoms. The first-order valence-electron chi connectivity index (χ1n) is 4.14. The van der Waals surface area contributed by atoms with E-state index in [9.17, 15) is 18.0 Å². The van der Waals surface area contributed by atoms with Crippen LogP contribution in [0.4, 0.5) is 18.9 Å². The van der Waals surface area contributed by atoms with Gasteiger partial charge in [-0.05, 0) is 6.07 Å². The van der Waals surface area contributed by atoms with Gasteiger partial charge in [0, 0.05) is 5.56 Å². The van der Waals surface area contributed by atoms with Crippen LogP contribution in [0.5, 0.6) is 0 Å². The lowest BCUT2D eigenvalue weighted by Gasteiger charge is -2.13. The zero-order chi connectivity index (χ0) is 12.1. The second kappa shape index (κ2) is 3.46. The van der Waals surface area contributed by atoms with Crippen molar-refractivity contribution in [3.8, 4) is 0 Å². The molecule has 7 heteroatoms. The highest BCUT2D eigenvalue weighted by molar-refractivity contribution is 9.25. The molecular weight excluding hydrogens is 355 g/mol. The van der Waals surface area contributed by atoms with Crippen LogP contribution in [0, 0.1) is 0 Å². The normalized spacial score (nSPS) is 18.2. The molecular formula is C9H4Br2F3NO. The minimum Gasteiger partial charge on any atom is -0.323 e. The lowest BCUT2D eigenvalue weighted by molar-refractivity contribution is -0.136. The van der Waals surface area contributed by atoms with Crippen LogP contribution in [0.3, 0.4) is 0 Å². The van der Waals surface area contributed by atoms with Gasteiger partial charge in [-0.25, -0.2) is 0 Å². The van der Waals surface area contributed by atoms with Crippen LogP contribution in [0.2, 0.25) is 0 Å². The summed E-state index contributed by atoms with van der Waals surface area (Å²) in [4.78, 5) is 11.5. The molecule has 0 atom stereocenters. The molecule has 1 aliphatic heterocycles. The molecule has 0 aliphatic carbocycles. The zero-order valence-corrected chi connectivity index (χ0v) is 10.7. The van der Waals surface area contributed by atoms with Crippen molar-refractivity contribution < 1.29 is 18.0 Å². The van der Waals surface area contributed by atoms with E-state index in [-0.39, 0.29) is 11.3 Å². The summed E-state index contributed by atoms with van der Waals surface area (Å²) in [6.45, 7) is 0. The standard InChI is InChI=1S/C9H4Br2F3NO/c10-8(11)4-2-1-3-5(9(12,13)14)6(4)15-7(8)16/h1-3H,(H,15,16). The highest BCUT2D eigenvalue weighted by atomic mass is 79.9. The van der Waals surface area contributed by atoms with Gasteiger partial charge in [-0.15, -0.1) is 0 Å². The predicted molar refractivity (Wildman–Crippen MR) is 59.6 cm³/mol. The van der Waals surface area contributed by atoms with Gasteiger partial charge in [0.1, 0.15) is 0 Å². The van der Waals surface area contributed by atoms with Gasteiger partial charge in [0.2, 0.25) is 0 Å². The average molecular weight is 359 g/mol. The Morgan fingerprint density at radius 1 is 1.25 bits per heavy atom. The molecule has 0 saturated heterocycles. The van der Waals surface area contributed by atoms with Gasteiger partial charge in [-0.1, -0.05) is 44.0 Å². The van der Waals surface area contributed by atoms with E-state index >= 15 is 0 Å². The maximum absolute atomic E-state index is 12.6. The van der Waals surface area contributed by atoms with Gasteiger partial charge in [-0.3, -0.25) is 4.79 Å². The van der Waals surface area contributed by atoms with Gasteiger partial charge in [-0.2, -0.15) is 13.2 Å². The fourth-order valence-electron chi connectivity index (χ4n) is 1.50. The third kappa shape index (κ3) is 1.66. The maximum Gasteiger partial charge on any atom is 0.418 e. The van der Waals surface area contributed by atoms with E-state index in [1.807, 2.05) is 0 Å². The topological polar surface area (TPSA) is 29.1 Å². The lowest BCUT2D eigenvalue weighted by Crippen LogP contribution is -2.20. The Morgan fingerprint density at radius 3 is 2.44 bits per heavy atom. The molecule has 1 heterocycles. The van der Waals surface area contributed by atoms with Crippen molar-refractivity contribution in [3.05, 3.63) is 29.3 Å². The molecule has 2 nitrogen and oxygen atoms in total. The minimum atomic E-state index is -4.49. The highest BCUT2D eigenvalue weighted by Crippen LogP contribution is 2.51. The van der Waals surface area contributed by atoms with Crippen LogP contribution in [0.25, 0.3) is 0 Å². The SMILES string of the molecule is O=C1Nc2c(C(F)(F)F)cccc2C1(Br)Br. The molecule has 0 fully saturated rings. The fraction of sp³-hybridized carbons (Fsp3) is 0.222. The predicted octanol–water partition coefficient (Wildman–Crippen LogP) is 3.60. The third-order valence-corrected chi connectivity index (χ3v) is 3.81. The summed E-state index contributed by atoms with van der Waals surface area (Å²) in [7, 11) is 0. The first-order valence-corrected chi connectivity index (χ1v) is 5.73. The van der Waals surface area contributed by atoms with Crippen molar-refractivity contribution in [2.45, 2.75) is 9.41 Å². The Kier molecular flexibility index (Phi) is 2.58. The van der Waals surface area contributed by atoms with Crippen LogP contribution in [0.1, 0.15) is 11.1 Å². The van der Waals surface area contributed by atoms with Crippen LogP contribution >= 0.6 is 31.9 Å². The molecule has 0 bridgehead atoms. The Labute approximate surface area is 105 Å². The number of hydrogen-bond acceptors (Lipinski definition) is 1. The summed E-state index contributed by atoms with van der Waals surface area (Å²) >= 11 is 6.09. The van der Waals surface area contributed by atoms with E-state index in [0.29, 0.717) is 0 Å². The number of amides is 1. The van der Waals surface area contributed by atoms with Gasteiger partial charge in [0.05, 0.1) is 11.3 Å². The summed E-state index contributed by atoms with van der Waals surface area (Å²) in [5, 5.41) is 2.21. The molecule has 86 valence electrons. The number of alkyl halides is 5. The van der Waals surface area contributed by atoms with E-state index in [1.54, 1.807) is 0 Å². The number of nitrogens with one attached hydrogen (secondary N) is 1. The summed E-state index contributed by atoms with van der Waals surface area (Å²) in [6.07, 6.45) is -4.49. The van der Waals surface area contributed by atoms with E-state index in [0.717, 1.165) is 6.07 Å². The van der Waals surface area contributed by atoms with Crippen molar-refractivity contribution in [1.82, 2.24) is 0 Å². The second-order valence-corrected chi connectivity index (χ2v) is 6.70. The molecule has 1 aromatic carbocycles. The molecule has 1 aliphatic rings. The van der Waals surface area contributed by atoms with Crippen LogP contribution in [0.15, 0.2) is 18.2 Å². The third-order valence-electron chi connectivity index (χ3n) is 2.23. The smallest absolute Gasteiger partial charge is 0.323 e. The Hall–Kier alpha value is -0.560. The van der Waals surface area contributed by atoms with Gasteiger partial charge in [0.25, 0.3) is 5.91 Å². The minimum absolute atomic E-state index is 0.200. The summed E-state index contributed by atoms with van der Waals surface area (Å²) in [5.74, 6) is -0.570. The molecule has 0 saturated carbocycles. The number of halogens is 5. The highest BCUT2D eigenvalue weighted by Gasteiger charge is 2.47. The maximum atomic E-state index is 12.6. The van der Waals surface area contributed by atoms with E-state index in [4.69, 9.17) is 0 Å². The van der Waals surface area contributed by atoms with Crippen molar-refractivity contribution >= 4 is 43.5 Å². The second-order valence-electron chi connectivity index (χ2n) is 3.25. The van der Waals surface area contributed by atoms with E-state index in [2.05, 4.69) is 37.2 Å². The number of carbonyl (C=O) groups excluding carboxylic acids is 1. The first kappa shape index (κ1) is 11.9. The molecule has 0 unspecified atom stereocenters. The average Bonchev–Trinajstić information content (AvgIpc) is 2.37. The number of carbonyl (C=O) groups is 1. The molecule has 0 radical (unpaired) electrons. The summed E-state index contributed by atoms with van der Waals surface area (Å²) in [5.41, 5.74) is -0.819. The molecule has 16 heavy (non-hydrogen) atoms. The monoisotopic (exact) mass is 357 g/mol. The van der Waals surface area contributed by atoms with Gasteiger partial charge < -0.3 is 5.32 Å². The Bertz CT molecular complexity index is 470. The van der Waals surface area contributed by atoms with Crippen LogP contribution in [-0.2, 0) is 14.2 Å². The first-order chi connectivity index (χ1) is 7.24. The number of para-hydroxylation sites is 1. The van der Waals surface area contributed by atoms with Crippen molar-refractivity contribution in [1.29, 1.82) is 0 Å². The van der Waals surface area contributed by atoms with Crippen LogP contribution in [-0.4, -0.2) is 5.91 Å². The summed E-state index contributed by atoms with van der Waals surface area (Å²) in [6, 6.07) is 3.64. The lowest BCUT2D eigenvalue weighted by atomic mass is 10.1. The van der Waals surface area contributed by atoms with Crippen molar-refractivity contribution in [2.75, 3.05) is 5.32 Å². The molecule has 2 rings (SSSR count). The number of anilines is 1. The number of benzene rings is 1. The largest absolute Gasteiger partial charge is 0.418 e. The van der Waals surface area contributed by atoms with Crippen molar-refractivity contribution in [2.24, 2.45) is 0 Å². The molecule has 1 amide bonds. The zero-order valence-electron chi connectivity index (χ0n) is 7.53. The molecule has 1 N–H and O–H groups in total. The number of fused-ring (bicyclic) bond motifs is 1. The Morgan fingerprint density at radius 2 is 1.88 bits per heavy atom. The molecule has 0 aromatic heterocycles. The van der Waals surface area contributed by atoms with Gasteiger partial charge >= 0.3 is 6.18 Å². The van der Waals surface area contributed by atoms with E-state index < -0.39 is 20.9 Å². The number of rotatable bonds is 0. The fourth-order valence-corrected chi connectivity index (χ4v) is 2.36. The van der Waals surface area contributed by atoms with Gasteiger partial charge in [0.15, 0.2) is 3.23 Å². The number of hydrogen-bond donors (Lipinski definition) is 1. The van der Waals surface area contributed by atoms with Crippen LogP contribution < -0.4 is 5.32 Å². The Balaban J connectivity index is 2.66. The van der Waals surface area contributed by atoms with Crippen molar-refractivity contribution in [3.63, 3.8) is 0 Å². The quantitative estimate of drug-likeness (QED) is 0.705. The molecule has 1 aromatic rings. The summed E-state index contributed by atoms with van der Waals surface area (Å²) < 4.78 is 36.6.